The summed E-state index contributed by atoms with van der Waals surface area (Å²) in [5, 5.41) is 9.79. The van der Waals surface area contributed by atoms with E-state index in [1.807, 2.05) is 56.3 Å². The van der Waals surface area contributed by atoms with Gasteiger partial charge in [0, 0.05) is 15.7 Å². The maximum atomic E-state index is 12.0. The van der Waals surface area contributed by atoms with Gasteiger partial charge < -0.3 is 9.84 Å². The van der Waals surface area contributed by atoms with Crippen LogP contribution in [0.4, 0.5) is 0 Å². The standard InChI is InChI=1S/C24H24BrNO3/c1-4-5-21-19(17-8-10-18(25)11-9-17)13-20(24(27)28)22(26-21)14-29-23-12-15(2)6-7-16(23)3/h6-13H,4-5,14H2,1-3H3,(H,27,28). The maximum Gasteiger partial charge on any atom is 0.337 e. The number of rotatable bonds is 7. The van der Waals surface area contributed by atoms with Gasteiger partial charge in [-0.25, -0.2) is 4.79 Å². The minimum atomic E-state index is -1.00. The predicted molar refractivity (Wildman–Crippen MR) is 119 cm³/mol. The molecule has 1 aromatic heterocycles. The first-order valence-electron chi connectivity index (χ1n) is 9.61. The molecule has 0 aliphatic rings. The third-order valence-corrected chi connectivity index (χ3v) is 5.29. The summed E-state index contributed by atoms with van der Waals surface area (Å²) in [4.78, 5) is 16.7. The summed E-state index contributed by atoms with van der Waals surface area (Å²) in [5.41, 5.74) is 5.41. The average molecular weight is 454 g/mol. The molecule has 1 N–H and O–H groups in total. The Hall–Kier alpha value is -2.66. The van der Waals surface area contributed by atoms with Gasteiger partial charge in [-0.15, -0.1) is 0 Å². The van der Waals surface area contributed by atoms with Crippen molar-refractivity contribution in [1.82, 2.24) is 4.98 Å². The highest BCUT2D eigenvalue weighted by Crippen LogP contribution is 2.29. The van der Waals surface area contributed by atoms with Gasteiger partial charge in [0.2, 0.25) is 0 Å². The molecule has 5 heteroatoms. The third-order valence-electron chi connectivity index (χ3n) is 4.76. The number of aromatic nitrogens is 1. The smallest absolute Gasteiger partial charge is 0.337 e. The number of aryl methyl sites for hydroxylation is 3. The van der Waals surface area contributed by atoms with Gasteiger partial charge in [-0.2, -0.15) is 0 Å². The van der Waals surface area contributed by atoms with Gasteiger partial charge in [-0.1, -0.05) is 53.5 Å². The van der Waals surface area contributed by atoms with Gasteiger partial charge in [0.25, 0.3) is 0 Å². The lowest BCUT2D eigenvalue weighted by molar-refractivity contribution is 0.0693. The van der Waals surface area contributed by atoms with Crippen LogP contribution in [0.2, 0.25) is 0 Å². The van der Waals surface area contributed by atoms with Gasteiger partial charge >= 0.3 is 5.97 Å². The minimum absolute atomic E-state index is 0.114. The summed E-state index contributed by atoms with van der Waals surface area (Å²) in [6, 6.07) is 15.5. The largest absolute Gasteiger partial charge is 0.487 e. The molecule has 0 bridgehead atoms. The molecule has 150 valence electrons. The summed E-state index contributed by atoms with van der Waals surface area (Å²) >= 11 is 3.44. The van der Waals surface area contributed by atoms with Crippen molar-refractivity contribution in [3.8, 4) is 16.9 Å². The van der Waals surface area contributed by atoms with Crippen LogP contribution >= 0.6 is 15.9 Å². The van der Waals surface area contributed by atoms with E-state index in [9.17, 15) is 9.90 Å². The van der Waals surface area contributed by atoms with Gasteiger partial charge in [-0.05, 0) is 61.2 Å². The van der Waals surface area contributed by atoms with Crippen LogP contribution in [0.3, 0.4) is 0 Å². The molecule has 0 saturated carbocycles. The van der Waals surface area contributed by atoms with E-state index in [1.54, 1.807) is 6.07 Å². The maximum absolute atomic E-state index is 12.0. The van der Waals surface area contributed by atoms with E-state index in [-0.39, 0.29) is 12.2 Å². The van der Waals surface area contributed by atoms with Crippen LogP contribution in [0, 0.1) is 13.8 Å². The lowest BCUT2D eigenvalue weighted by Gasteiger charge is -2.15. The first kappa shape index (κ1) is 21.1. The van der Waals surface area contributed by atoms with E-state index in [0.717, 1.165) is 51.0 Å². The predicted octanol–water partition coefficient (Wildman–Crippen LogP) is 6.36. The Balaban J connectivity index is 2.02. The van der Waals surface area contributed by atoms with E-state index in [0.29, 0.717) is 5.69 Å². The van der Waals surface area contributed by atoms with Crippen molar-refractivity contribution in [2.75, 3.05) is 0 Å². The Morgan fingerprint density at radius 2 is 1.79 bits per heavy atom. The molecule has 29 heavy (non-hydrogen) atoms. The number of carboxylic acid groups (broad SMARTS) is 1. The SMILES string of the molecule is CCCc1nc(COc2cc(C)ccc2C)c(C(=O)O)cc1-c1ccc(Br)cc1. The molecular formula is C24H24BrNO3. The van der Waals surface area contributed by atoms with Crippen LogP contribution in [-0.4, -0.2) is 16.1 Å². The fraction of sp³-hybridized carbons (Fsp3) is 0.250. The van der Waals surface area contributed by atoms with E-state index in [4.69, 9.17) is 9.72 Å². The van der Waals surface area contributed by atoms with E-state index < -0.39 is 5.97 Å². The molecule has 0 aliphatic carbocycles. The molecule has 0 unspecified atom stereocenters. The molecule has 0 spiro atoms. The summed E-state index contributed by atoms with van der Waals surface area (Å²) in [7, 11) is 0. The number of ether oxygens (including phenoxy) is 1. The molecule has 4 nitrogen and oxygen atoms in total. The summed E-state index contributed by atoms with van der Waals surface area (Å²) in [6.45, 7) is 6.17. The van der Waals surface area contributed by atoms with Crippen molar-refractivity contribution in [2.45, 2.75) is 40.2 Å². The first-order valence-corrected chi connectivity index (χ1v) is 10.4. The van der Waals surface area contributed by atoms with Crippen molar-refractivity contribution in [3.05, 3.63) is 81.1 Å². The van der Waals surface area contributed by atoms with Crippen LogP contribution in [-0.2, 0) is 13.0 Å². The number of carboxylic acids is 1. The Morgan fingerprint density at radius 1 is 1.07 bits per heavy atom. The average Bonchev–Trinajstić information content (AvgIpc) is 2.69. The Labute approximate surface area is 179 Å². The topological polar surface area (TPSA) is 59.4 Å². The fourth-order valence-corrected chi connectivity index (χ4v) is 3.47. The molecule has 0 saturated heterocycles. The van der Waals surface area contributed by atoms with Crippen LogP contribution < -0.4 is 4.74 Å². The number of benzene rings is 2. The number of hydrogen-bond acceptors (Lipinski definition) is 3. The van der Waals surface area contributed by atoms with Crippen LogP contribution in [0.5, 0.6) is 5.75 Å². The molecule has 3 rings (SSSR count). The Bertz CT molecular complexity index is 1030. The summed E-state index contributed by atoms with van der Waals surface area (Å²) in [5.74, 6) is -0.254. The Kier molecular flexibility index (Phi) is 6.70. The van der Waals surface area contributed by atoms with Gasteiger partial charge in [0.05, 0.1) is 11.3 Å². The van der Waals surface area contributed by atoms with Crippen LogP contribution in [0.25, 0.3) is 11.1 Å². The van der Waals surface area contributed by atoms with Crippen LogP contribution in [0.15, 0.2) is 53.0 Å². The van der Waals surface area contributed by atoms with Gasteiger partial charge in [0.15, 0.2) is 0 Å². The highest BCUT2D eigenvalue weighted by Gasteiger charge is 2.18. The molecule has 0 radical (unpaired) electrons. The molecule has 0 atom stereocenters. The molecular weight excluding hydrogens is 430 g/mol. The van der Waals surface area contributed by atoms with Crippen molar-refractivity contribution in [3.63, 3.8) is 0 Å². The van der Waals surface area contributed by atoms with Gasteiger partial charge in [-0.3, -0.25) is 4.98 Å². The second-order valence-corrected chi connectivity index (χ2v) is 8.01. The number of aromatic carboxylic acids is 1. The fourth-order valence-electron chi connectivity index (χ4n) is 3.21. The van der Waals surface area contributed by atoms with E-state index in [1.165, 1.54) is 0 Å². The van der Waals surface area contributed by atoms with Crippen molar-refractivity contribution in [2.24, 2.45) is 0 Å². The summed E-state index contributed by atoms with van der Waals surface area (Å²) < 4.78 is 6.93. The second-order valence-electron chi connectivity index (χ2n) is 7.10. The quantitative estimate of drug-likeness (QED) is 0.452. The highest BCUT2D eigenvalue weighted by atomic mass is 79.9. The number of carbonyl (C=O) groups is 1. The minimum Gasteiger partial charge on any atom is -0.487 e. The number of pyridine rings is 1. The van der Waals surface area contributed by atoms with E-state index >= 15 is 0 Å². The van der Waals surface area contributed by atoms with Crippen molar-refractivity contribution < 1.29 is 14.6 Å². The zero-order valence-corrected chi connectivity index (χ0v) is 18.4. The molecule has 2 aromatic carbocycles. The number of nitrogens with zero attached hydrogens (tertiary/aromatic N) is 1. The molecule has 0 aliphatic heterocycles. The number of hydrogen-bond donors (Lipinski definition) is 1. The third kappa shape index (κ3) is 5.04. The van der Waals surface area contributed by atoms with Crippen LogP contribution in [0.1, 0.15) is 46.2 Å². The Morgan fingerprint density at radius 3 is 2.45 bits per heavy atom. The van der Waals surface area contributed by atoms with E-state index in [2.05, 4.69) is 22.9 Å². The van der Waals surface area contributed by atoms with Gasteiger partial charge in [0.1, 0.15) is 12.4 Å². The second kappa shape index (κ2) is 9.23. The molecule has 0 fully saturated rings. The lowest BCUT2D eigenvalue weighted by atomic mass is 9.98. The lowest BCUT2D eigenvalue weighted by Crippen LogP contribution is -2.11. The number of halogens is 1. The van der Waals surface area contributed by atoms with Crippen molar-refractivity contribution in [1.29, 1.82) is 0 Å². The molecule has 1 heterocycles. The molecule has 0 amide bonds. The molecule has 3 aromatic rings. The highest BCUT2D eigenvalue weighted by molar-refractivity contribution is 9.10. The zero-order chi connectivity index (χ0) is 21.0. The van der Waals surface area contributed by atoms with Crippen molar-refractivity contribution >= 4 is 21.9 Å². The monoisotopic (exact) mass is 453 g/mol. The summed E-state index contributed by atoms with van der Waals surface area (Å²) in [6.07, 6.45) is 1.68. The normalized spacial score (nSPS) is 10.8. The first-order chi connectivity index (χ1) is 13.9. The zero-order valence-electron chi connectivity index (χ0n) is 16.8.